The number of anilines is 3. The molecule has 0 spiro atoms. The van der Waals surface area contributed by atoms with E-state index in [-0.39, 0.29) is 18.4 Å². The molecule has 3 N–H and O–H groups in total. The van der Waals surface area contributed by atoms with Crippen molar-refractivity contribution in [3.05, 3.63) is 48.5 Å². The first-order valence-electron chi connectivity index (χ1n) is 9.99. The van der Waals surface area contributed by atoms with Crippen LogP contribution in [0.3, 0.4) is 0 Å². The van der Waals surface area contributed by atoms with E-state index in [4.69, 9.17) is 4.74 Å². The summed E-state index contributed by atoms with van der Waals surface area (Å²) in [6, 6.07) is 14.7. The summed E-state index contributed by atoms with van der Waals surface area (Å²) >= 11 is 0. The third kappa shape index (κ3) is 8.25. The molecule has 0 aliphatic carbocycles. The predicted octanol–water partition coefficient (Wildman–Crippen LogP) is 4.76. The zero-order chi connectivity index (χ0) is 21.2. The lowest BCUT2D eigenvalue weighted by Gasteiger charge is -2.14. The first kappa shape index (κ1) is 22.3. The summed E-state index contributed by atoms with van der Waals surface area (Å²) in [6.45, 7) is 8.88. The average Bonchev–Trinajstić information content (AvgIpc) is 2.66. The van der Waals surface area contributed by atoms with Gasteiger partial charge in [-0.25, -0.2) is 0 Å². The van der Waals surface area contributed by atoms with Crippen molar-refractivity contribution in [2.75, 3.05) is 29.1 Å². The van der Waals surface area contributed by atoms with Gasteiger partial charge in [0.1, 0.15) is 5.75 Å². The molecule has 0 heterocycles. The van der Waals surface area contributed by atoms with Crippen LogP contribution in [0.25, 0.3) is 0 Å². The Hall–Kier alpha value is -3.02. The molecule has 2 rings (SSSR count). The Labute approximate surface area is 173 Å². The number of carbonyl (C=O) groups is 2. The standard InChI is InChI=1S/C23H31N3O3/c1-16(2)13-22(27)25-19-11-9-18(10-12-19)24-14-23(28)26-20-7-5-6-8-21(20)29-15-17(3)4/h5-12,16-17,24H,13-15H2,1-4H3,(H,25,27)(H,26,28). The van der Waals surface area contributed by atoms with Crippen molar-refractivity contribution in [3.63, 3.8) is 0 Å². The average molecular weight is 398 g/mol. The lowest BCUT2D eigenvalue weighted by atomic mass is 10.1. The molecule has 0 aliphatic heterocycles. The number of amides is 2. The van der Waals surface area contributed by atoms with E-state index in [2.05, 4.69) is 29.8 Å². The first-order valence-corrected chi connectivity index (χ1v) is 9.99. The normalized spacial score (nSPS) is 10.7. The van der Waals surface area contributed by atoms with Crippen molar-refractivity contribution in [2.45, 2.75) is 34.1 Å². The van der Waals surface area contributed by atoms with Crippen LogP contribution >= 0.6 is 0 Å². The summed E-state index contributed by atoms with van der Waals surface area (Å²) < 4.78 is 5.76. The quantitative estimate of drug-likeness (QED) is 0.540. The summed E-state index contributed by atoms with van der Waals surface area (Å²) in [5, 5.41) is 8.82. The van der Waals surface area contributed by atoms with Gasteiger partial charge >= 0.3 is 0 Å². The number of rotatable bonds is 10. The van der Waals surface area contributed by atoms with Gasteiger partial charge in [0.15, 0.2) is 0 Å². The second-order valence-corrected chi connectivity index (χ2v) is 7.83. The molecule has 0 saturated carbocycles. The maximum absolute atomic E-state index is 12.3. The number of nitrogens with one attached hydrogen (secondary N) is 3. The molecule has 29 heavy (non-hydrogen) atoms. The largest absolute Gasteiger partial charge is 0.491 e. The van der Waals surface area contributed by atoms with Crippen LogP contribution in [0.1, 0.15) is 34.1 Å². The van der Waals surface area contributed by atoms with E-state index in [1.54, 1.807) is 0 Å². The van der Waals surface area contributed by atoms with E-state index in [0.29, 0.717) is 36.3 Å². The Kier molecular flexibility index (Phi) is 8.52. The molecule has 0 aromatic heterocycles. The molecule has 0 bridgehead atoms. The molecule has 2 aromatic carbocycles. The number of hydrogen-bond donors (Lipinski definition) is 3. The number of para-hydroxylation sites is 2. The number of hydrogen-bond acceptors (Lipinski definition) is 4. The molecule has 0 radical (unpaired) electrons. The molecule has 6 nitrogen and oxygen atoms in total. The van der Waals surface area contributed by atoms with E-state index < -0.39 is 0 Å². The Balaban J connectivity index is 1.84. The zero-order valence-corrected chi connectivity index (χ0v) is 17.6. The van der Waals surface area contributed by atoms with Crippen LogP contribution in [-0.4, -0.2) is 25.0 Å². The van der Waals surface area contributed by atoms with Gasteiger partial charge in [0.2, 0.25) is 11.8 Å². The van der Waals surface area contributed by atoms with Crippen molar-refractivity contribution >= 4 is 28.9 Å². The maximum atomic E-state index is 12.3. The third-order valence-electron chi connectivity index (χ3n) is 3.95. The number of ether oxygens (including phenoxy) is 1. The van der Waals surface area contributed by atoms with Crippen LogP contribution in [0.4, 0.5) is 17.1 Å². The van der Waals surface area contributed by atoms with Crippen LogP contribution in [0.15, 0.2) is 48.5 Å². The predicted molar refractivity (Wildman–Crippen MR) is 118 cm³/mol. The first-order chi connectivity index (χ1) is 13.8. The van der Waals surface area contributed by atoms with E-state index >= 15 is 0 Å². The van der Waals surface area contributed by atoms with E-state index in [1.807, 2.05) is 62.4 Å². The summed E-state index contributed by atoms with van der Waals surface area (Å²) in [6.07, 6.45) is 0.489. The SMILES string of the molecule is CC(C)COc1ccccc1NC(=O)CNc1ccc(NC(=O)CC(C)C)cc1. The summed E-state index contributed by atoms with van der Waals surface area (Å²) in [7, 11) is 0. The van der Waals surface area contributed by atoms with Crippen molar-refractivity contribution in [1.82, 2.24) is 0 Å². The van der Waals surface area contributed by atoms with Gasteiger partial charge in [-0.1, -0.05) is 39.8 Å². The van der Waals surface area contributed by atoms with Crippen molar-refractivity contribution < 1.29 is 14.3 Å². The van der Waals surface area contributed by atoms with Crippen LogP contribution in [0.5, 0.6) is 5.75 Å². The maximum Gasteiger partial charge on any atom is 0.243 e. The lowest BCUT2D eigenvalue weighted by molar-refractivity contribution is -0.117. The smallest absolute Gasteiger partial charge is 0.243 e. The molecule has 156 valence electrons. The summed E-state index contributed by atoms with van der Waals surface area (Å²) in [5.41, 5.74) is 2.19. The van der Waals surface area contributed by atoms with Crippen LogP contribution < -0.4 is 20.7 Å². The van der Waals surface area contributed by atoms with Crippen molar-refractivity contribution in [3.8, 4) is 5.75 Å². The van der Waals surface area contributed by atoms with Crippen molar-refractivity contribution in [2.24, 2.45) is 11.8 Å². The third-order valence-corrected chi connectivity index (χ3v) is 3.95. The Bertz CT molecular complexity index is 801. The molecule has 2 aromatic rings. The van der Waals surface area contributed by atoms with Crippen LogP contribution in [0.2, 0.25) is 0 Å². The fraction of sp³-hybridized carbons (Fsp3) is 0.391. The summed E-state index contributed by atoms with van der Waals surface area (Å²) in [4.78, 5) is 24.1. The highest BCUT2D eigenvalue weighted by atomic mass is 16.5. The minimum absolute atomic E-state index is 0.00145. The molecule has 0 saturated heterocycles. The molecule has 0 aliphatic rings. The molecule has 2 amide bonds. The Morgan fingerprint density at radius 3 is 2.14 bits per heavy atom. The molecule has 0 unspecified atom stereocenters. The van der Waals surface area contributed by atoms with Gasteiger partial charge in [0.25, 0.3) is 0 Å². The monoisotopic (exact) mass is 397 g/mol. The van der Waals surface area contributed by atoms with E-state index in [1.165, 1.54) is 0 Å². The molecule has 0 atom stereocenters. The van der Waals surface area contributed by atoms with E-state index in [0.717, 1.165) is 11.4 Å². The molecular weight excluding hydrogens is 366 g/mol. The number of carbonyl (C=O) groups excluding carboxylic acids is 2. The molecule has 0 fully saturated rings. The zero-order valence-electron chi connectivity index (χ0n) is 17.6. The highest BCUT2D eigenvalue weighted by Crippen LogP contribution is 2.24. The second-order valence-electron chi connectivity index (χ2n) is 7.83. The fourth-order valence-corrected chi connectivity index (χ4v) is 2.58. The van der Waals surface area contributed by atoms with Crippen LogP contribution in [0, 0.1) is 11.8 Å². The van der Waals surface area contributed by atoms with Crippen molar-refractivity contribution in [1.29, 1.82) is 0 Å². The van der Waals surface area contributed by atoms with E-state index in [9.17, 15) is 9.59 Å². The van der Waals surface area contributed by atoms with Gasteiger partial charge in [0.05, 0.1) is 18.8 Å². The van der Waals surface area contributed by atoms with Gasteiger partial charge < -0.3 is 20.7 Å². The Morgan fingerprint density at radius 1 is 0.828 bits per heavy atom. The molecule has 6 heteroatoms. The van der Waals surface area contributed by atoms with Gasteiger partial charge in [-0.15, -0.1) is 0 Å². The second kappa shape index (κ2) is 11.1. The van der Waals surface area contributed by atoms with Gasteiger partial charge in [-0.05, 0) is 48.2 Å². The lowest BCUT2D eigenvalue weighted by Crippen LogP contribution is -2.22. The van der Waals surface area contributed by atoms with Gasteiger partial charge in [0, 0.05) is 17.8 Å². The Morgan fingerprint density at radius 2 is 1.48 bits per heavy atom. The van der Waals surface area contributed by atoms with Crippen LogP contribution in [-0.2, 0) is 9.59 Å². The van der Waals surface area contributed by atoms with Gasteiger partial charge in [-0.2, -0.15) is 0 Å². The summed E-state index contributed by atoms with van der Waals surface area (Å²) in [5.74, 6) is 1.21. The fourth-order valence-electron chi connectivity index (χ4n) is 2.58. The topological polar surface area (TPSA) is 79.5 Å². The highest BCUT2D eigenvalue weighted by Gasteiger charge is 2.09. The van der Waals surface area contributed by atoms with Gasteiger partial charge in [-0.3, -0.25) is 9.59 Å². The minimum atomic E-state index is -0.167. The minimum Gasteiger partial charge on any atom is -0.491 e. The highest BCUT2D eigenvalue weighted by molar-refractivity contribution is 5.95. The number of benzene rings is 2. The molecular formula is C23H31N3O3.